The van der Waals surface area contributed by atoms with Crippen LogP contribution in [0.3, 0.4) is 0 Å². The van der Waals surface area contributed by atoms with Gasteiger partial charge in [-0.15, -0.1) is 0 Å². The summed E-state index contributed by atoms with van der Waals surface area (Å²) in [6, 6.07) is 16.5. The Labute approximate surface area is 155 Å². The van der Waals surface area contributed by atoms with E-state index in [1.165, 1.54) is 18.2 Å². The Hall–Kier alpha value is -3.61. The van der Waals surface area contributed by atoms with Crippen molar-refractivity contribution in [3.8, 4) is 17.1 Å². The first-order valence-electron chi connectivity index (χ1n) is 8.25. The zero-order valence-electron chi connectivity index (χ0n) is 14.6. The van der Waals surface area contributed by atoms with Crippen molar-refractivity contribution in [2.75, 3.05) is 13.2 Å². The minimum absolute atomic E-state index is 0.0152. The molecule has 0 unspecified atom stereocenters. The first-order chi connectivity index (χ1) is 13.0. The number of non-ortho nitro benzene ring substituents is 1. The number of nitrogens with zero attached hydrogens (tertiary/aromatic N) is 1. The molecular weight excluding hydrogens is 350 g/mol. The van der Waals surface area contributed by atoms with Gasteiger partial charge in [0.25, 0.3) is 5.69 Å². The summed E-state index contributed by atoms with van der Waals surface area (Å²) >= 11 is 0. The summed E-state index contributed by atoms with van der Waals surface area (Å²) in [6.45, 7) is 2.25. The van der Waals surface area contributed by atoms with E-state index in [2.05, 4.69) is 0 Å². The number of hydrogen-bond acceptors (Lipinski definition) is 6. The number of nitro benzene ring substituents is 1. The highest BCUT2D eigenvalue weighted by Gasteiger charge is 2.14. The quantitative estimate of drug-likeness (QED) is 0.266. The molecule has 0 spiro atoms. The van der Waals surface area contributed by atoms with Crippen molar-refractivity contribution in [3.63, 3.8) is 0 Å². The maximum absolute atomic E-state index is 12.1. The fraction of sp³-hybridized carbons (Fsp3) is 0.150. The lowest BCUT2D eigenvalue weighted by atomic mass is 10.1. The zero-order valence-corrected chi connectivity index (χ0v) is 14.6. The molecule has 0 atom stereocenters. The number of hydrogen-bond donors (Lipinski definition) is 0. The molecule has 0 amide bonds. The molecule has 0 bridgehead atoms. The van der Waals surface area contributed by atoms with E-state index in [0.29, 0.717) is 11.3 Å². The molecule has 0 aliphatic heterocycles. The van der Waals surface area contributed by atoms with Crippen LogP contribution in [-0.4, -0.2) is 24.1 Å². The summed E-state index contributed by atoms with van der Waals surface area (Å²) in [4.78, 5) is 22.3. The molecule has 0 saturated heterocycles. The van der Waals surface area contributed by atoms with E-state index in [1.54, 1.807) is 18.2 Å². The van der Waals surface area contributed by atoms with Gasteiger partial charge in [0.15, 0.2) is 0 Å². The van der Waals surface area contributed by atoms with Gasteiger partial charge in [-0.3, -0.25) is 10.1 Å². The van der Waals surface area contributed by atoms with Gasteiger partial charge in [0.1, 0.15) is 24.7 Å². The molecule has 27 heavy (non-hydrogen) atoms. The van der Waals surface area contributed by atoms with Crippen LogP contribution in [0.1, 0.15) is 16.1 Å². The van der Waals surface area contributed by atoms with Crippen LogP contribution in [0.5, 0.6) is 5.75 Å². The predicted molar refractivity (Wildman–Crippen MR) is 97.8 cm³/mol. The van der Waals surface area contributed by atoms with E-state index < -0.39 is 10.9 Å². The molecule has 3 rings (SSSR count). The topological polar surface area (TPSA) is 91.8 Å². The van der Waals surface area contributed by atoms with Gasteiger partial charge in [0.05, 0.1) is 4.92 Å². The number of nitro groups is 1. The van der Waals surface area contributed by atoms with Crippen LogP contribution in [0, 0.1) is 17.0 Å². The number of benzene rings is 2. The standard InChI is InChI=1S/C20H17NO6/c1-14-4-2-3-5-17(14)25-12-13-26-20(22)19-11-10-18(27-19)15-6-8-16(9-7-15)21(23)24/h2-11H,12-13H2,1H3. The minimum atomic E-state index is -0.600. The molecule has 0 radical (unpaired) electrons. The van der Waals surface area contributed by atoms with Crippen molar-refractivity contribution in [1.82, 2.24) is 0 Å². The summed E-state index contributed by atoms with van der Waals surface area (Å²) in [6.07, 6.45) is 0. The summed E-state index contributed by atoms with van der Waals surface area (Å²) in [7, 11) is 0. The molecule has 1 aromatic heterocycles. The number of ether oxygens (including phenoxy) is 2. The van der Waals surface area contributed by atoms with Gasteiger partial charge in [-0.25, -0.2) is 4.79 Å². The third-order valence-corrected chi connectivity index (χ3v) is 3.84. The highest BCUT2D eigenvalue weighted by Crippen LogP contribution is 2.25. The second kappa shape index (κ2) is 8.18. The summed E-state index contributed by atoms with van der Waals surface area (Å²) in [5, 5.41) is 10.7. The van der Waals surface area contributed by atoms with Crippen LogP contribution in [0.25, 0.3) is 11.3 Å². The molecule has 0 N–H and O–H groups in total. The van der Waals surface area contributed by atoms with Crippen molar-refractivity contribution in [1.29, 1.82) is 0 Å². The predicted octanol–water partition coefficient (Wildman–Crippen LogP) is 4.40. The lowest BCUT2D eigenvalue weighted by Gasteiger charge is -2.08. The molecular formula is C20H17NO6. The minimum Gasteiger partial charge on any atom is -0.490 e. The van der Waals surface area contributed by atoms with Gasteiger partial charge in [-0.05, 0) is 42.8 Å². The van der Waals surface area contributed by atoms with E-state index >= 15 is 0 Å². The normalized spacial score (nSPS) is 10.4. The van der Waals surface area contributed by atoms with E-state index in [-0.39, 0.29) is 24.7 Å². The lowest BCUT2D eigenvalue weighted by molar-refractivity contribution is -0.384. The molecule has 7 heteroatoms. The Balaban J connectivity index is 1.54. The fourth-order valence-corrected chi connectivity index (χ4v) is 2.43. The Kier molecular flexibility index (Phi) is 5.51. The summed E-state index contributed by atoms with van der Waals surface area (Å²) in [5.74, 6) is 0.621. The van der Waals surface area contributed by atoms with Crippen LogP contribution in [-0.2, 0) is 4.74 Å². The van der Waals surface area contributed by atoms with Crippen LogP contribution in [0.4, 0.5) is 5.69 Å². The van der Waals surface area contributed by atoms with E-state index in [1.807, 2.05) is 31.2 Å². The van der Waals surface area contributed by atoms with Crippen LogP contribution < -0.4 is 4.74 Å². The van der Waals surface area contributed by atoms with Gasteiger partial charge in [0.2, 0.25) is 5.76 Å². The molecule has 0 aliphatic rings. The zero-order chi connectivity index (χ0) is 19.2. The van der Waals surface area contributed by atoms with Gasteiger partial charge in [-0.2, -0.15) is 0 Å². The highest BCUT2D eigenvalue weighted by atomic mass is 16.6. The number of aryl methyl sites for hydroxylation is 1. The van der Waals surface area contributed by atoms with Crippen LogP contribution in [0.15, 0.2) is 65.1 Å². The van der Waals surface area contributed by atoms with Crippen LogP contribution >= 0.6 is 0 Å². The fourth-order valence-electron chi connectivity index (χ4n) is 2.43. The number of carbonyl (C=O) groups excluding carboxylic acids is 1. The number of esters is 1. The Morgan fingerprint density at radius 2 is 1.78 bits per heavy atom. The van der Waals surface area contributed by atoms with Crippen molar-refractivity contribution < 1.29 is 23.6 Å². The number of para-hydroxylation sites is 1. The van der Waals surface area contributed by atoms with E-state index in [4.69, 9.17) is 13.9 Å². The van der Waals surface area contributed by atoms with Gasteiger partial charge in [-0.1, -0.05) is 18.2 Å². The van der Waals surface area contributed by atoms with Crippen LogP contribution in [0.2, 0.25) is 0 Å². The number of furan rings is 1. The second-order valence-electron chi connectivity index (χ2n) is 5.72. The molecule has 3 aromatic rings. The van der Waals surface area contributed by atoms with E-state index in [0.717, 1.165) is 11.3 Å². The molecule has 138 valence electrons. The average molecular weight is 367 g/mol. The largest absolute Gasteiger partial charge is 0.490 e. The molecule has 1 heterocycles. The first kappa shape index (κ1) is 18.2. The third kappa shape index (κ3) is 4.52. The number of carbonyl (C=O) groups is 1. The smallest absolute Gasteiger partial charge is 0.374 e. The van der Waals surface area contributed by atoms with Crippen molar-refractivity contribution in [2.24, 2.45) is 0 Å². The van der Waals surface area contributed by atoms with Gasteiger partial charge >= 0.3 is 5.97 Å². The molecule has 7 nitrogen and oxygen atoms in total. The molecule has 0 aliphatic carbocycles. The Morgan fingerprint density at radius 1 is 1.04 bits per heavy atom. The maximum Gasteiger partial charge on any atom is 0.374 e. The maximum atomic E-state index is 12.1. The van der Waals surface area contributed by atoms with Gasteiger partial charge in [0, 0.05) is 17.7 Å². The monoisotopic (exact) mass is 367 g/mol. The second-order valence-corrected chi connectivity index (χ2v) is 5.72. The Morgan fingerprint density at radius 3 is 2.48 bits per heavy atom. The highest BCUT2D eigenvalue weighted by molar-refractivity contribution is 5.87. The average Bonchev–Trinajstić information content (AvgIpc) is 3.17. The van der Waals surface area contributed by atoms with Crippen molar-refractivity contribution in [2.45, 2.75) is 6.92 Å². The number of rotatable bonds is 7. The summed E-state index contributed by atoms with van der Waals surface area (Å²) in [5.41, 5.74) is 1.61. The van der Waals surface area contributed by atoms with E-state index in [9.17, 15) is 14.9 Å². The summed E-state index contributed by atoms with van der Waals surface area (Å²) < 4.78 is 16.2. The molecule has 2 aromatic carbocycles. The van der Waals surface area contributed by atoms with Gasteiger partial charge < -0.3 is 13.9 Å². The van der Waals surface area contributed by atoms with Crippen molar-refractivity contribution in [3.05, 3.63) is 82.1 Å². The lowest BCUT2D eigenvalue weighted by Crippen LogP contribution is -2.12. The van der Waals surface area contributed by atoms with Crippen molar-refractivity contribution >= 4 is 11.7 Å². The Bertz CT molecular complexity index is 945. The SMILES string of the molecule is Cc1ccccc1OCCOC(=O)c1ccc(-c2ccc([N+](=O)[O-])cc2)o1. The molecule has 0 saturated carbocycles. The third-order valence-electron chi connectivity index (χ3n) is 3.84. The first-order valence-corrected chi connectivity index (χ1v) is 8.25. The molecule has 0 fully saturated rings.